The third-order valence-electron chi connectivity index (χ3n) is 2.64. The molecule has 17 heavy (non-hydrogen) atoms. The molecule has 0 aromatic rings. The third kappa shape index (κ3) is 3.39. The van der Waals surface area contributed by atoms with Gasteiger partial charge in [-0.2, -0.15) is 0 Å². The molecular formula is C10H18N2O5. The summed E-state index contributed by atoms with van der Waals surface area (Å²) in [6.45, 7) is 4.15. The van der Waals surface area contributed by atoms with Crippen LogP contribution in [0.3, 0.4) is 0 Å². The molecule has 1 aliphatic heterocycles. The first-order valence-electron chi connectivity index (χ1n) is 5.38. The molecule has 1 aliphatic rings. The lowest BCUT2D eigenvalue weighted by Gasteiger charge is -2.42. The molecule has 7 nitrogen and oxygen atoms in total. The standard InChI is InChI=1S/C10H18N2O5/c1-4-9(15)7(11-5(2)13)8(10(16)17-4)12-6(3)14/h4,7-10,15-16H,1-3H3,(H,11,13)(H,12,14)/t4-,7-,8+,9-,10?/m0/s1. The van der Waals surface area contributed by atoms with Crippen LogP contribution in [0.5, 0.6) is 0 Å². The van der Waals surface area contributed by atoms with Crippen molar-refractivity contribution in [1.29, 1.82) is 0 Å². The molecule has 98 valence electrons. The predicted octanol–water partition coefficient (Wildman–Crippen LogP) is -1.91. The average molecular weight is 246 g/mol. The molecule has 0 spiro atoms. The van der Waals surface area contributed by atoms with Crippen LogP contribution in [0.15, 0.2) is 0 Å². The first-order chi connectivity index (χ1) is 7.82. The van der Waals surface area contributed by atoms with Gasteiger partial charge in [-0.15, -0.1) is 0 Å². The molecule has 0 radical (unpaired) electrons. The highest BCUT2D eigenvalue weighted by Crippen LogP contribution is 2.19. The number of ether oxygens (including phenoxy) is 1. The minimum absolute atomic E-state index is 0.356. The van der Waals surface area contributed by atoms with E-state index in [0.717, 1.165) is 0 Å². The highest BCUT2D eigenvalue weighted by atomic mass is 16.6. The first-order valence-corrected chi connectivity index (χ1v) is 5.38. The zero-order valence-corrected chi connectivity index (χ0v) is 10.0. The monoisotopic (exact) mass is 246 g/mol. The Morgan fingerprint density at radius 1 is 1.06 bits per heavy atom. The molecule has 0 bridgehead atoms. The van der Waals surface area contributed by atoms with Crippen molar-refractivity contribution in [1.82, 2.24) is 10.6 Å². The van der Waals surface area contributed by atoms with Gasteiger partial charge in [0.05, 0.1) is 12.1 Å². The maximum absolute atomic E-state index is 11.0. The van der Waals surface area contributed by atoms with Gasteiger partial charge in [0.25, 0.3) is 0 Å². The van der Waals surface area contributed by atoms with Crippen molar-refractivity contribution >= 4 is 11.8 Å². The summed E-state index contributed by atoms with van der Waals surface area (Å²) in [4.78, 5) is 22.0. The highest BCUT2D eigenvalue weighted by Gasteiger charge is 2.43. The number of carbonyl (C=O) groups excluding carboxylic acids is 2. The summed E-state index contributed by atoms with van der Waals surface area (Å²) in [5, 5.41) is 24.5. The SMILES string of the molecule is CC(=O)N[C@@H]1[C@@H](O)[C@H](C)OC(O)[C@@H]1NC(C)=O. The molecule has 4 N–H and O–H groups in total. The van der Waals surface area contributed by atoms with Gasteiger partial charge < -0.3 is 25.6 Å². The van der Waals surface area contributed by atoms with E-state index in [4.69, 9.17) is 4.74 Å². The minimum atomic E-state index is -1.27. The smallest absolute Gasteiger partial charge is 0.217 e. The zero-order valence-electron chi connectivity index (χ0n) is 10.0. The van der Waals surface area contributed by atoms with Crippen LogP contribution in [0.1, 0.15) is 20.8 Å². The predicted molar refractivity (Wildman–Crippen MR) is 57.8 cm³/mol. The largest absolute Gasteiger partial charge is 0.388 e. The fourth-order valence-electron chi connectivity index (χ4n) is 1.87. The Balaban J connectivity index is 2.86. The van der Waals surface area contributed by atoms with Crippen LogP contribution in [-0.2, 0) is 14.3 Å². The maximum Gasteiger partial charge on any atom is 0.217 e. The molecule has 0 aromatic heterocycles. The van der Waals surface area contributed by atoms with E-state index < -0.39 is 30.6 Å². The molecule has 7 heteroatoms. The molecule has 0 saturated carbocycles. The third-order valence-corrected chi connectivity index (χ3v) is 2.64. The van der Waals surface area contributed by atoms with Gasteiger partial charge in [0.2, 0.25) is 11.8 Å². The molecule has 1 fully saturated rings. The summed E-state index contributed by atoms with van der Waals surface area (Å²) in [5.41, 5.74) is 0. The van der Waals surface area contributed by atoms with E-state index in [9.17, 15) is 19.8 Å². The van der Waals surface area contributed by atoms with Gasteiger partial charge in [-0.1, -0.05) is 0 Å². The zero-order chi connectivity index (χ0) is 13.2. The number of carbonyl (C=O) groups is 2. The van der Waals surface area contributed by atoms with E-state index in [0.29, 0.717) is 0 Å². The van der Waals surface area contributed by atoms with Crippen molar-refractivity contribution in [2.75, 3.05) is 0 Å². The number of amides is 2. The van der Waals surface area contributed by atoms with Gasteiger partial charge in [-0.3, -0.25) is 9.59 Å². The fourth-order valence-corrected chi connectivity index (χ4v) is 1.87. The Morgan fingerprint density at radius 3 is 2.00 bits per heavy atom. The van der Waals surface area contributed by atoms with Crippen molar-refractivity contribution in [3.63, 3.8) is 0 Å². The summed E-state index contributed by atoms with van der Waals surface area (Å²) in [6, 6.07) is -1.65. The summed E-state index contributed by atoms with van der Waals surface area (Å²) >= 11 is 0. The van der Waals surface area contributed by atoms with Crippen LogP contribution in [0.4, 0.5) is 0 Å². The van der Waals surface area contributed by atoms with Gasteiger partial charge in [-0.25, -0.2) is 0 Å². The highest BCUT2D eigenvalue weighted by molar-refractivity contribution is 5.75. The normalized spacial score (nSPS) is 37.4. The number of rotatable bonds is 2. The molecule has 1 unspecified atom stereocenters. The van der Waals surface area contributed by atoms with Gasteiger partial charge in [0.1, 0.15) is 12.1 Å². The Hall–Kier alpha value is -1.18. The van der Waals surface area contributed by atoms with Gasteiger partial charge in [0.15, 0.2) is 6.29 Å². The number of nitrogens with one attached hydrogen (secondary N) is 2. The molecular weight excluding hydrogens is 228 g/mol. The van der Waals surface area contributed by atoms with Crippen molar-refractivity contribution < 1.29 is 24.5 Å². The fraction of sp³-hybridized carbons (Fsp3) is 0.800. The summed E-state index contributed by atoms with van der Waals surface area (Å²) < 4.78 is 5.06. The lowest BCUT2D eigenvalue weighted by Crippen LogP contribution is -2.67. The first kappa shape index (κ1) is 13.9. The second kappa shape index (κ2) is 5.44. The second-order valence-corrected chi connectivity index (χ2v) is 4.17. The number of hydrogen-bond donors (Lipinski definition) is 4. The lowest BCUT2D eigenvalue weighted by molar-refractivity contribution is -0.217. The van der Waals surface area contributed by atoms with Gasteiger partial charge >= 0.3 is 0 Å². The quantitative estimate of drug-likeness (QED) is 0.455. The average Bonchev–Trinajstić information content (AvgIpc) is 2.19. The maximum atomic E-state index is 11.0. The van der Waals surface area contributed by atoms with E-state index >= 15 is 0 Å². The molecule has 0 aromatic carbocycles. The number of hydrogen-bond acceptors (Lipinski definition) is 5. The van der Waals surface area contributed by atoms with Crippen molar-refractivity contribution in [3.05, 3.63) is 0 Å². The molecule has 0 aliphatic carbocycles. The Morgan fingerprint density at radius 2 is 1.53 bits per heavy atom. The molecule has 1 saturated heterocycles. The van der Waals surface area contributed by atoms with Crippen LogP contribution >= 0.6 is 0 Å². The van der Waals surface area contributed by atoms with Crippen molar-refractivity contribution in [2.45, 2.75) is 51.4 Å². The minimum Gasteiger partial charge on any atom is -0.388 e. The van der Waals surface area contributed by atoms with E-state index in [1.54, 1.807) is 6.92 Å². The lowest BCUT2D eigenvalue weighted by atomic mass is 9.94. The summed E-state index contributed by atoms with van der Waals surface area (Å²) in [7, 11) is 0. The van der Waals surface area contributed by atoms with E-state index in [1.165, 1.54) is 13.8 Å². The molecule has 1 heterocycles. The van der Waals surface area contributed by atoms with Gasteiger partial charge in [0, 0.05) is 13.8 Å². The summed E-state index contributed by atoms with van der Waals surface area (Å²) in [6.07, 6.45) is -2.90. The van der Waals surface area contributed by atoms with Crippen LogP contribution in [-0.4, -0.2) is 52.6 Å². The van der Waals surface area contributed by atoms with Gasteiger partial charge in [-0.05, 0) is 6.92 Å². The van der Waals surface area contributed by atoms with Crippen molar-refractivity contribution in [2.24, 2.45) is 0 Å². The summed E-state index contributed by atoms with van der Waals surface area (Å²) in [5.74, 6) is -0.736. The Kier molecular flexibility index (Phi) is 4.44. The van der Waals surface area contributed by atoms with Crippen LogP contribution in [0, 0.1) is 0 Å². The van der Waals surface area contributed by atoms with Crippen molar-refractivity contribution in [3.8, 4) is 0 Å². The van der Waals surface area contributed by atoms with Crippen LogP contribution < -0.4 is 10.6 Å². The Labute approximate surface area is 99.1 Å². The second-order valence-electron chi connectivity index (χ2n) is 4.17. The van der Waals surface area contributed by atoms with Crippen LogP contribution in [0.25, 0.3) is 0 Å². The molecule has 2 amide bonds. The molecule has 5 atom stereocenters. The van der Waals surface area contributed by atoms with E-state index in [1.807, 2.05) is 0 Å². The van der Waals surface area contributed by atoms with E-state index in [2.05, 4.69) is 10.6 Å². The molecule has 1 rings (SSSR count). The topological polar surface area (TPSA) is 108 Å². The number of aliphatic hydroxyl groups is 2. The van der Waals surface area contributed by atoms with E-state index in [-0.39, 0.29) is 11.8 Å². The number of aliphatic hydroxyl groups excluding tert-OH is 2. The van der Waals surface area contributed by atoms with Crippen LogP contribution in [0.2, 0.25) is 0 Å². The Bertz CT molecular complexity index is 309.